The zero-order valence-corrected chi connectivity index (χ0v) is 17.8. The number of hydrogen-bond donors (Lipinski definition) is 3. The van der Waals surface area contributed by atoms with Crippen LogP contribution in [0, 0.1) is 0 Å². The van der Waals surface area contributed by atoms with Gasteiger partial charge in [0, 0.05) is 28.9 Å². The molecule has 1 heterocycles. The van der Waals surface area contributed by atoms with Crippen molar-refractivity contribution >= 4 is 34.3 Å². The number of amides is 3. The van der Waals surface area contributed by atoms with Crippen molar-refractivity contribution in [2.45, 2.75) is 6.61 Å². The summed E-state index contributed by atoms with van der Waals surface area (Å²) in [6.45, 7) is 4.11. The first-order valence-electron chi connectivity index (χ1n) is 10.4. The molecule has 0 fully saturated rings. The van der Waals surface area contributed by atoms with Gasteiger partial charge in [-0.15, -0.1) is 6.58 Å². The van der Waals surface area contributed by atoms with E-state index in [1.165, 1.54) is 0 Å². The largest absolute Gasteiger partial charge is 0.489 e. The Morgan fingerprint density at radius 1 is 0.879 bits per heavy atom. The van der Waals surface area contributed by atoms with E-state index in [9.17, 15) is 9.59 Å². The molecule has 0 aliphatic heterocycles. The van der Waals surface area contributed by atoms with Crippen LogP contribution in [-0.4, -0.2) is 18.5 Å². The van der Waals surface area contributed by atoms with Crippen molar-refractivity contribution in [2.75, 3.05) is 17.2 Å². The number of para-hydroxylation sites is 2. The van der Waals surface area contributed by atoms with Crippen LogP contribution in [0.15, 0.2) is 95.9 Å². The summed E-state index contributed by atoms with van der Waals surface area (Å²) in [5.41, 5.74) is 2.44. The summed E-state index contributed by atoms with van der Waals surface area (Å²) in [5.74, 6) is 0.509. The van der Waals surface area contributed by atoms with E-state index >= 15 is 0 Å². The maximum atomic E-state index is 13.0. The van der Waals surface area contributed by atoms with Crippen LogP contribution in [-0.2, 0) is 6.61 Å². The fraction of sp³-hybridized carbons (Fsp3) is 0.0769. The molecule has 33 heavy (non-hydrogen) atoms. The second kappa shape index (κ2) is 10.2. The van der Waals surface area contributed by atoms with E-state index in [1.807, 2.05) is 54.6 Å². The Hall–Kier alpha value is -4.52. The zero-order chi connectivity index (χ0) is 23.0. The lowest BCUT2D eigenvalue weighted by molar-refractivity contribution is 0.0995. The van der Waals surface area contributed by atoms with Crippen LogP contribution < -0.4 is 20.7 Å². The minimum absolute atomic E-state index is 0.187. The number of rotatable bonds is 8. The van der Waals surface area contributed by atoms with E-state index in [0.717, 1.165) is 5.39 Å². The summed E-state index contributed by atoms with van der Waals surface area (Å²) in [7, 11) is 0. The van der Waals surface area contributed by atoms with Gasteiger partial charge in [0.05, 0.1) is 0 Å². The molecule has 1 aromatic heterocycles. The number of benzene rings is 3. The highest BCUT2D eigenvalue weighted by Crippen LogP contribution is 2.28. The number of carbonyl (C=O) groups excluding carboxylic acids is 2. The first kappa shape index (κ1) is 21.7. The SMILES string of the molecule is C=CCNC(=O)Nc1ccc(NC(=O)c2oc3ccccc3c2COc2ccccc2)cc1. The number of ether oxygens (including phenoxy) is 1. The molecule has 0 aliphatic carbocycles. The first-order valence-corrected chi connectivity index (χ1v) is 10.4. The second-order valence-electron chi connectivity index (χ2n) is 7.16. The summed E-state index contributed by atoms with van der Waals surface area (Å²) in [5, 5.41) is 9.00. The van der Waals surface area contributed by atoms with Gasteiger partial charge >= 0.3 is 6.03 Å². The molecular formula is C26H23N3O4. The van der Waals surface area contributed by atoms with Gasteiger partial charge in [-0.05, 0) is 42.5 Å². The first-order chi connectivity index (χ1) is 16.1. The second-order valence-corrected chi connectivity index (χ2v) is 7.16. The van der Waals surface area contributed by atoms with Crippen molar-refractivity contribution in [1.29, 1.82) is 0 Å². The molecule has 166 valence electrons. The Kier molecular flexibility index (Phi) is 6.70. The fourth-order valence-electron chi connectivity index (χ4n) is 3.26. The molecule has 0 radical (unpaired) electrons. The van der Waals surface area contributed by atoms with Crippen LogP contribution in [0.5, 0.6) is 5.75 Å². The van der Waals surface area contributed by atoms with Crippen molar-refractivity contribution in [3.05, 3.63) is 103 Å². The third kappa shape index (κ3) is 5.40. The fourth-order valence-corrected chi connectivity index (χ4v) is 3.26. The number of urea groups is 1. The van der Waals surface area contributed by atoms with Gasteiger partial charge in [0.15, 0.2) is 5.76 Å². The normalized spacial score (nSPS) is 10.4. The highest BCUT2D eigenvalue weighted by Gasteiger charge is 2.21. The average molecular weight is 441 g/mol. The molecule has 7 heteroatoms. The van der Waals surface area contributed by atoms with Crippen molar-refractivity contribution < 1.29 is 18.7 Å². The molecule has 0 saturated heterocycles. The van der Waals surface area contributed by atoms with Crippen LogP contribution >= 0.6 is 0 Å². The van der Waals surface area contributed by atoms with Gasteiger partial charge in [-0.25, -0.2) is 4.79 Å². The van der Waals surface area contributed by atoms with E-state index in [0.29, 0.717) is 34.8 Å². The van der Waals surface area contributed by atoms with Gasteiger partial charge in [-0.3, -0.25) is 4.79 Å². The lowest BCUT2D eigenvalue weighted by Gasteiger charge is -2.09. The standard InChI is InChI=1S/C26H23N3O4/c1-2-16-27-26(31)29-19-14-12-18(13-15-19)28-25(30)24-22(17-32-20-8-4-3-5-9-20)21-10-6-7-11-23(21)33-24/h2-15H,1,16-17H2,(H,28,30)(H2,27,29,31). The molecule has 4 rings (SSSR count). The molecule has 0 unspecified atom stereocenters. The van der Waals surface area contributed by atoms with Crippen molar-refractivity contribution in [3.8, 4) is 5.75 Å². The molecule has 0 saturated carbocycles. The van der Waals surface area contributed by atoms with Crippen LogP contribution in [0.3, 0.4) is 0 Å². The van der Waals surface area contributed by atoms with Crippen LogP contribution in [0.1, 0.15) is 16.1 Å². The molecule has 0 spiro atoms. The van der Waals surface area contributed by atoms with Crippen LogP contribution in [0.2, 0.25) is 0 Å². The van der Waals surface area contributed by atoms with Gasteiger partial charge in [-0.2, -0.15) is 0 Å². The lowest BCUT2D eigenvalue weighted by atomic mass is 10.1. The quantitative estimate of drug-likeness (QED) is 0.312. The molecule has 3 aromatic carbocycles. The Morgan fingerprint density at radius 3 is 2.27 bits per heavy atom. The molecule has 0 atom stereocenters. The van der Waals surface area contributed by atoms with E-state index in [2.05, 4.69) is 22.5 Å². The third-order valence-electron chi connectivity index (χ3n) is 4.84. The van der Waals surface area contributed by atoms with Crippen LogP contribution in [0.4, 0.5) is 16.2 Å². The van der Waals surface area contributed by atoms with Gasteiger partial charge < -0.3 is 25.1 Å². The van der Waals surface area contributed by atoms with Gasteiger partial charge in [0.1, 0.15) is 17.9 Å². The maximum absolute atomic E-state index is 13.0. The molecule has 0 bridgehead atoms. The number of nitrogens with one attached hydrogen (secondary N) is 3. The van der Waals surface area contributed by atoms with Crippen molar-refractivity contribution in [1.82, 2.24) is 5.32 Å². The minimum Gasteiger partial charge on any atom is -0.489 e. The van der Waals surface area contributed by atoms with Gasteiger partial charge in [0.2, 0.25) is 0 Å². The molecule has 3 amide bonds. The lowest BCUT2D eigenvalue weighted by Crippen LogP contribution is -2.28. The topological polar surface area (TPSA) is 92.6 Å². The predicted octanol–water partition coefficient (Wildman–Crippen LogP) is 5.57. The van der Waals surface area contributed by atoms with Crippen molar-refractivity contribution in [2.24, 2.45) is 0 Å². The number of carbonyl (C=O) groups is 2. The summed E-state index contributed by atoms with van der Waals surface area (Å²) < 4.78 is 11.8. The summed E-state index contributed by atoms with van der Waals surface area (Å²) >= 11 is 0. The summed E-state index contributed by atoms with van der Waals surface area (Å²) in [6.07, 6.45) is 1.59. The van der Waals surface area contributed by atoms with Crippen molar-refractivity contribution in [3.63, 3.8) is 0 Å². The number of anilines is 2. The number of fused-ring (bicyclic) bond motifs is 1. The zero-order valence-electron chi connectivity index (χ0n) is 17.8. The highest BCUT2D eigenvalue weighted by molar-refractivity contribution is 6.06. The monoisotopic (exact) mass is 441 g/mol. The van der Waals surface area contributed by atoms with Gasteiger partial charge in [-0.1, -0.05) is 42.5 Å². The van der Waals surface area contributed by atoms with Gasteiger partial charge in [0.25, 0.3) is 5.91 Å². The predicted molar refractivity (Wildman–Crippen MR) is 129 cm³/mol. The highest BCUT2D eigenvalue weighted by atomic mass is 16.5. The minimum atomic E-state index is -0.387. The Morgan fingerprint density at radius 2 is 1.55 bits per heavy atom. The maximum Gasteiger partial charge on any atom is 0.319 e. The molecular weight excluding hydrogens is 418 g/mol. The van der Waals surface area contributed by atoms with E-state index < -0.39 is 0 Å². The van der Waals surface area contributed by atoms with E-state index in [1.54, 1.807) is 30.3 Å². The molecule has 4 aromatic rings. The summed E-state index contributed by atoms with van der Waals surface area (Å²) in [4.78, 5) is 24.8. The Balaban J connectivity index is 1.49. The number of hydrogen-bond acceptors (Lipinski definition) is 4. The smallest absolute Gasteiger partial charge is 0.319 e. The number of furan rings is 1. The summed E-state index contributed by atoms with van der Waals surface area (Å²) in [6, 6.07) is 23.3. The average Bonchev–Trinajstić information content (AvgIpc) is 3.22. The molecule has 0 aliphatic rings. The molecule has 7 nitrogen and oxygen atoms in total. The van der Waals surface area contributed by atoms with E-state index in [4.69, 9.17) is 9.15 Å². The third-order valence-corrected chi connectivity index (χ3v) is 4.84. The van der Waals surface area contributed by atoms with E-state index in [-0.39, 0.29) is 24.3 Å². The van der Waals surface area contributed by atoms with Crippen LogP contribution in [0.25, 0.3) is 11.0 Å². The Bertz CT molecular complexity index is 1260. The molecule has 3 N–H and O–H groups in total. The Labute approximate surface area is 191 Å².